The van der Waals surface area contributed by atoms with Gasteiger partial charge in [-0.1, -0.05) is 24.3 Å². The van der Waals surface area contributed by atoms with Crippen LogP contribution in [0.15, 0.2) is 35.8 Å². The van der Waals surface area contributed by atoms with Gasteiger partial charge in [0.15, 0.2) is 5.13 Å². The predicted molar refractivity (Wildman–Crippen MR) is 133 cm³/mol. The van der Waals surface area contributed by atoms with Gasteiger partial charge in [-0.15, -0.1) is 11.3 Å². The normalized spacial score (nSPS) is 17.3. The van der Waals surface area contributed by atoms with Gasteiger partial charge >= 0.3 is 5.97 Å². The molecule has 0 spiro atoms. The van der Waals surface area contributed by atoms with Gasteiger partial charge in [-0.25, -0.2) is 4.98 Å². The number of thiazole rings is 1. The Labute approximate surface area is 207 Å². The number of hydrogen-bond donors (Lipinski definition) is 2. The second-order valence-corrected chi connectivity index (χ2v) is 10.1. The second kappa shape index (κ2) is 9.88. The van der Waals surface area contributed by atoms with Crippen LogP contribution in [0.25, 0.3) is 11.3 Å². The zero-order valence-electron chi connectivity index (χ0n) is 19.7. The van der Waals surface area contributed by atoms with E-state index < -0.39 is 11.4 Å². The molecule has 1 fully saturated rings. The molecule has 0 atom stereocenters. The number of nitrogens with one attached hydrogen (secondary N) is 1. The van der Waals surface area contributed by atoms with E-state index in [1.54, 1.807) is 7.05 Å². The number of amides is 1. The van der Waals surface area contributed by atoms with E-state index in [-0.39, 0.29) is 12.3 Å². The summed E-state index contributed by atoms with van der Waals surface area (Å²) in [6.45, 7) is 4.27. The SMILES string of the molecule is CN(C(=O)C1(CC(=O)O)Cc2ccccc2C1)c1nc(-c2c[nH]nc2CCN2CCOCC2)cs1. The van der Waals surface area contributed by atoms with Crippen molar-refractivity contribution in [3.8, 4) is 11.3 Å². The molecule has 3 heterocycles. The first-order valence-corrected chi connectivity index (χ1v) is 12.7. The maximum absolute atomic E-state index is 13.7. The number of H-pyrrole nitrogens is 1. The van der Waals surface area contributed by atoms with Crippen LogP contribution in [-0.2, 0) is 33.6 Å². The number of aromatic amines is 1. The van der Waals surface area contributed by atoms with Gasteiger partial charge in [-0.05, 0) is 24.0 Å². The van der Waals surface area contributed by atoms with Gasteiger partial charge in [0.25, 0.3) is 0 Å². The monoisotopic (exact) mass is 495 g/mol. The molecule has 1 amide bonds. The van der Waals surface area contributed by atoms with Crippen molar-refractivity contribution in [2.24, 2.45) is 5.41 Å². The average molecular weight is 496 g/mol. The highest BCUT2D eigenvalue weighted by Gasteiger charge is 2.47. The number of ether oxygens (including phenoxy) is 1. The van der Waals surface area contributed by atoms with Crippen LogP contribution in [0.2, 0.25) is 0 Å². The van der Waals surface area contributed by atoms with Crippen molar-refractivity contribution in [3.05, 3.63) is 52.7 Å². The molecule has 0 saturated carbocycles. The largest absolute Gasteiger partial charge is 0.481 e. The summed E-state index contributed by atoms with van der Waals surface area (Å²) >= 11 is 1.38. The summed E-state index contributed by atoms with van der Waals surface area (Å²) < 4.78 is 5.42. The Hall–Kier alpha value is -3.08. The van der Waals surface area contributed by atoms with Gasteiger partial charge in [0.2, 0.25) is 5.91 Å². The van der Waals surface area contributed by atoms with Crippen molar-refractivity contribution in [2.45, 2.75) is 25.7 Å². The summed E-state index contributed by atoms with van der Waals surface area (Å²) in [5.74, 6) is -1.18. The van der Waals surface area contributed by atoms with E-state index in [2.05, 4.69) is 15.1 Å². The number of anilines is 1. The number of aromatic nitrogens is 3. The third-order valence-corrected chi connectivity index (χ3v) is 7.88. The van der Waals surface area contributed by atoms with Gasteiger partial charge in [0.1, 0.15) is 0 Å². The molecular formula is C25H29N5O4S. The molecule has 0 radical (unpaired) electrons. The van der Waals surface area contributed by atoms with Gasteiger partial charge in [-0.3, -0.25) is 24.5 Å². The Morgan fingerprint density at radius 2 is 1.94 bits per heavy atom. The fourth-order valence-electron chi connectivity index (χ4n) is 5.14. The quantitative estimate of drug-likeness (QED) is 0.494. The number of carboxylic acid groups (broad SMARTS) is 1. The number of carboxylic acids is 1. The topological polar surface area (TPSA) is 112 Å². The summed E-state index contributed by atoms with van der Waals surface area (Å²) in [7, 11) is 1.69. The molecule has 2 N–H and O–H groups in total. The predicted octanol–water partition coefficient (Wildman–Crippen LogP) is 2.63. The lowest BCUT2D eigenvalue weighted by Crippen LogP contribution is -2.44. The Morgan fingerprint density at radius 3 is 2.63 bits per heavy atom. The molecule has 3 aromatic rings. The third kappa shape index (κ3) is 4.86. The molecule has 2 aliphatic rings. The summed E-state index contributed by atoms with van der Waals surface area (Å²) in [5.41, 5.74) is 3.70. The first-order valence-electron chi connectivity index (χ1n) is 11.8. The molecular weight excluding hydrogens is 466 g/mol. The van der Waals surface area contributed by atoms with E-state index in [0.717, 1.165) is 67.3 Å². The Kier molecular flexibility index (Phi) is 6.68. The number of hydrogen-bond acceptors (Lipinski definition) is 7. The maximum atomic E-state index is 13.7. The maximum Gasteiger partial charge on any atom is 0.304 e. The Morgan fingerprint density at radius 1 is 1.23 bits per heavy atom. The highest BCUT2D eigenvalue weighted by Crippen LogP contribution is 2.42. The molecule has 1 aliphatic heterocycles. The molecule has 0 bridgehead atoms. The van der Waals surface area contributed by atoms with Crippen LogP contribution in [0.3, 0.4) is 0 Å². The number of nitrogens with zero attached hydrogens (tertiary/aromatic N) is 4. The van der Waals surface area contributed by atoms with Crippen molar-refractivity contribution in [1.82, 2.24) is 20.1 Å². The van der Waals surface area contributed by atoms with Gasteiger partial charge < -0.3 is 9.84 Å². The average Bonchev–Trinajstić information content (AvgIpc) is 3.60. The lowest BCUT2D eigenvalue weighted by atomic mass is 9.80. The molecule has 9 nitrogen and oxygen atoms in total. The molecule has 1 aromatic carbocycles. The lowest BCUT2D eigenvalue weighted by Gasteiger charge is -2.30. The molecule has 2 aromatic heterocycles. The van der Waals surface area contributed by atoms with E-state index in [1.807, 2.05) is 35.8 Å². The number of fused-ring (bicyclic) bond motifs is 1. The van der Waals surface area contributed by atoms with E-state index in [4.69, 9.17) is 9.72 Å². The first kappa shape index (κ1) is 23.7. The van der Waals surface area contributed by atoms with E-state index in [9.17, 15) is 14.7 Å². The summed E-state index contributed by atoms with van der Waals surface area (Å²) in [5, 5.41) is 19.5. The number of aliphatic carboxylic acids is 1. The number of rotatable bonds is 8. The van der Waals surface area contributed by atoms with Crippen molar-refractivity contribution in [3.63, 3.8) is 0 Å². The van der Waals surface area contributed by atoms with Gasteiger partial charge in [0.05, 0.1) is 36.4 Å². The molecule has 184 valence electrons. The minimum atomic E-state index is -1.00. The first-order chi connectivity index (χ1) is 16.9. The van der Waals surface area contributed by atoms with Crippen LogP contribution < -0.4 is 4.90 Å². The standard InChI is InChI=1S/C25H29N5O4S/c1-29(23(33)25(14-22(31)32)12-17-4-2-3-5-18(17)13-25)24-27-21(16-35-24)19-15-26-28-20(19)6-7-30-8-10-34-11-9-30/h2-5,15-16H,6-14H2,1H3,(H,26,28)(H,31,32). The van der Waals surface area contributed by atoms with Crippen molar-refractivity contribution in [1.29, 1.82) is 0 Å². The number of carbonyl (C=O) groups excluding carboxylic acids is 1. The molecule has 5 rings (SSSR count). The molecule has 1 saturated heterocycles. The van der Waals surface area contributed by atoms with Crippen LogP contribution in [0.1, 0.15) is 23.2 Å². The number of benzene rings is 1. The van der Waals surface area contributed by atoms with E-state index in [0.29, 0.717) is 18.0 Å². The summed E-state index contributed by atoms with van der Waals surface area (Å²) in [6.07, 6.45) is 3.26. The molecule has 0 unspecified atom stereocenters. The zero-order chi connectivity index (χ0) is 24.4. The second-order valence-electron chi connectivity index (χ2n) is 9.30. The smallest absolute Gasteiger partial charge is 0.304 e. The van der Waals surface area contributed by atoms with Crippen LogP contribution in [-0.4, -0.2) is 77.0 Å². The Balaban J connectivity index is 1.33. The zero-order valence-corrected chi connectivity index (χ0v) is 20.5. The van der Waals surface area contributed by atoms with E-state index in [1.165, 1.54) is 16.2 Å². The van der Waals surface area contributed by atoms with Crippen LogP contribution >= 0.6 is 11.3 Å². The van der Waals surface area contributed by atoms with E-state index >= 15 is 0 Å². The molecule has 10 heteroatoms. The van der Waals surface area contributed by atoms with Crippen molar-refractivity contribution in [2.75, 3.05) is 44.8 Å². The van der Waals surface area contributed by atoms with Crippen LogP contribution in [0.5, 0.6) is 0 Å². The van der Waals surface area contributed by atoms with Crippen molar-refractivity contribution < 1.29 is 19.4 Å². The van der Waals surface area contributed by atoms with Crippen molar-refractivity contribution >= 4 is 28.3 Å². The van der Waals surface area contributed by atoms with Crippen LogP contribution in [0, 0.1) is 5.41 Å². The van der Waals surface area contributed by atoms with Gasteiger partial charge in [0, 0.05) is 50.2 Å². The lowest BCUT2D eigenvalue weighted by molar-refractivity contribution is -0.144. The number of morpholine rings is 1. The third-order valence-electron chi connectivity index (χ3n) is 6.97. The van der Waals surface area contributed by atoms with Gasteiger partial charge in [-0.2, -0.15) is 5.10 Å². The highest BCUT2D eigenvalue weighted by atomic mass is 32.1. The highest BCUT2D eigenvalue weighted by molar-refractivity contribution is 7.14. The summed E-state index contributed by atoms with van der Waals surface area (Å²) in [6, 6.07) is 7.81. The van der Waals surface area contributed by atoms with Crippen LogP contribution in [0.4, 0.5) is 5.13 Å². The molecule has 1 aliphatic carbocycles. The summed E-state index contributed by atoms with van der Waals surface area (Å²) in [4.78, 5) is 34.1. The minimum Gasteiger partial charge on any atom is -0.481 e. The number of carbonyl (C=O) groups is 2. The Bertz CT molecular complexity index is 1190. The minimum absolute atomic E-state index is 0.211. The molecule has 35 heavy (non-hydrogen) atoms. The fraction of sp³-hybridized carbons (Fsp3) is 0.440. The fourth-order valence-corrected chi connectivity index (χ4v) is 5.93.